The molecule has 0 saturated heterocycles. The van der Waals surface area contributed by atoms with Gasteiger partial charge in [0.1, 0.15) is 23.9 Å². The van der Waals surface area contributed by atoms with Crippen LogP contribution >= 0.6 is 0 Å². The molecule has 0 radical (unpaired) electrons. The van der Waals surface area contributed by atoms with Gasteiger partial charge >= 0.3 is 0 Å². The standard InChI is InChI=1S/C25H21N3O2/c1-17-5-4-6-19(13-17)25-27-15-23(28-25)22-12-11-21(14-24(22)29-3)30-16-18-7-9-20(26-2)10-8-18/h4-15H,16H2,1,3H3,(H,27,28). The Morgan fingerprint density at radius 1 is 1.03 bits per heavy atom. The zero-order chi connectivity index (χ0) is 20.9. The quantitative estimate of drug-likeness (QED) is 0.396. The van der Waals surface area contributed by atoms with E-state index in [4.69, 9.17) is 21.0 Å². The molecule has 4 rings (SSSR count). The van der Waals surface area contributed by atoms with Crippen molar-refractivity contribution in [2.24, 2.45) is 0 Å². The van der Waals surface area contributed by atoms with Crippen molar-refractivity contribution < 1.29 is 9.47 Å². The van der Waals surface area contributed by atoms with Gasteiger partial charge < -0.3 is 14.5 Å². The third kappa shape index (κ3) is 4.18. The van der Waals surface area contributed by atoms with Crippen LogP contribution in [0, 0.1) is 13.5 Å². The molecule has 5 heteroatoms. The Kier molecular flexibility index (Phi) is 5.49. The molecule has 1 heterocycles. The van der Waals surface area contributed by atoms with Gasteiger partial charge in [0.05, 0.1) is 19.4 Å². The van der Waals surface area contributed by atoms with Crippen LogP contribution in [0.3, 0.4) is 0 Å². The number of aromatic nitrogens is 2. The Hall–Kier alpha value is -4.04. The zero-order valence-corrected chi connectivity index (χ0v) is 16.8. The van der Waals surface area contributed by atoms with Crippen molar-refractivity contribution in [1.82, 2.24) is 9.97 Å². The topological polar surface area (TPSA) is 51.5 Å². The fourth-order valence-electron chi connectivity index (χ4n) is 3.21. The normalized spacial score (nSPS) is 10.4. The second-order valence-electron chi connectivity index (χ2n) is 6.93. The Morgan fingerprint density at radius 2 is 1.87 bits per heavy atom. The predicted molar refractivity (Wildman–Crippen MR) is 118 cm³/mol. The summed E-state index contributed by atoms with van der Waals surface area (Å²) in [4.78, 5) is 11.4. The minimum absolute atomic E-state index is 0.417. The van der Waals surface area contributed by atoms with Gasteiger partial charge in [0.15, 0.2) is 5.69 Å². The minimum atomic E-state index is 0.417. The first kappa shape index (κ1) is 19.3. The van der Waals surface area contributed by atoms with Crippen LogP contribution < -0.4 is 9.47 Å². The van der Waals surface area contributed by atoms with Crippen LogP contribution in [0.4, 0.5) is 5.69 Å². The predicted octanol–water partition coefficient (Wildman–Crippen LogP) is 6.19. The molecule has 0 bridgehead atoms. The number of methoxy groups -OCH3 is 1. The van der Waals surface area contributed by atoms with E-state index in [-0.39, 0.29) is 0 Å². The first-order chi connectivity index (χ1) is 14.7. The zero-order valence-electron chi connectivity index (χ0n) is 16.8. The SMILES string of the molecule is [C-]#[N+]c1ccc(COc2ccc(-c3c[nH]c(-c4cccc(C)c4)n3)c(OC)c2)cc1. The Bertz CT molecular complexity index is 1200. The largest absolute Gasteiger partial charge is 0.496 e. The van der Waals surface area contributed by atoms with Crippen molar-refractivity contribution in [2.45, 2.75) is 13.5 Å². The van der Waals surface area contributed by atoms with E-state index < -0.39 is 0 Å². The molecular formula is C25H21N3O2. The Labute approximate surface area is 175 Å². The third-order valence-electron chi connectivity index (χ3n) is 4.79. The van der Waals surface area contributed by atoms with E-state index in [0.29, 0.717) is 23.8 Å². The van der Waals surface area contributed by atoms with Gasteiger partial charge in [-0.2, -0.15) is 0 Å². The number of imidazole rings is 1. The van der Waals surface area contributed by atoms with E-state index in [0.717, 1.165) is 28.2 Å². The molecule has 0 spiro atoms. The van der Waals surface area contributed by atoms with Gasteiger partial charge in [0, 0.05) is 23.4 Å². The molecule has 0 saturated carbocycles. The maximum absolute atomic E-state index is 7.02. The van der Waals surface area contributed by atoms with Gasteiger partial charge in [-0.1, -0.05) is 48.0 Å². The lowest BCUT2D eigenvalue weighted by Crippen LogP contribution is -1.96. The summed E-state index contributed by atoms with van der Waals surface area (Å²) in [5, 5.41) is 0. The summed E-state index contributed by atoms with van der Waals surface area (Å²) in [6.07, 6.45) is 1.88. The van der Waals surface area contributed by atoms with Crippen molar-refractivity contribution in [3.63, 3.8) is 0 Å². The maximum atomic E-state index is 7.02. The molecule has 1 aromatic heterocycles. The molecule has 30 heavy (non-hydrogen) atoms. The van der Waals surface area contributed by atoms with Crippen LogP contribution in [0.2, 0.25) is 0 Å². The first-order valence-electron chi connectivity index (χ1n) is 9.56. The summed E-state index contributed by atoms with van der Waals surface area (Å²) in [5.41, 5.74) is 5.55. The number of benzene rings is 3. The minimum Gasteiger partial charge on any atom is -0.496 e. The van der Waals surface area contributed by atoms with Gasteiger partial charge in [-0.05, 0) is 30.7 Å². The van der Waals surface area contributed by atoms with Crippen molar-refractivity contribution >= 4 is 5.69 Å². The van der Waals surface area contributed by atoms with E-state index in [2.05, 4.69) is 28.9 Å². The van der Waals surface area contributed by atoms with Crippen molar-refractivity contribution in [1.29, 1.82) is 0 Å². The van der Waals surface area contributed by atoms with Crippen LogP contribution in [0.1, 0.15) is 11.1 Å². The van der Waals surface area contributed by atoms with Gasteiger partial charge in [0.25, 0.3) is 0 Å². The van der Waals surface area contributed by atoms with Gasteiger partial charge in [-0.3, -0.25) is 0 Å². The molecule has 5 nitrogen and oxygen atoms in total. The fraction of sp³-hybridized carbons (Fsp3) is 0.120. The van der Waals surface area contributed by atoms with Gasteiger partial charge in [-0.15, -0.1) is 0 Å². The summed E-state index contributed by atoms with van der Waals surface area (Å²) in [7, 11) is 1.64. The number of ether oxygens (including phenoxy) is 2. The summed E-state index contributed by atoms with van der Waals surface area (Å²) < 4.78 is 11.5. The van der Waals surface area contributed by atoms with Crippen LogP contribution in [-0.4, -0.2) is 17.1 Å². The number of aromatic amines is 1. The van der Waals surface area contributed by atoms with E-state index in [1.54, 1.807) is 19.2 Å². The highest BCUT2D eigenvalue weighted by atomic mass is 16.5. The number of nitrogens with zero attached hydrogens (tertiary/aromatic N) is 2. The Balaban J connectivity index is 1.53. The van der Waals surface area contributed by atoms with Crippen LogP contribution in [0.25, 0.3) is 27.5 Å². The molecule has 0 amide bonds. The second kappa shape index (κ2) is 8.54. The number of rotatable bonds is 6. The highest BCUT2D eigenvalue weighted by molar-refractivity contribution is 5.71. The fourth-order valence-corrected chi connectivity index (χ4v) is 3.21. The maximum Gasteiger partial charge on any atom is 0.187 e. The molecule has 4 aromatic rings. The molecule has 0 aliphatic rings. The lowest BCUT2D eigenvalue weighted by atomic mass is 10.1. The average molecular weight is 395 g/mol. The first-order valence-corrected chi connectivity index (χ1v) is 9.56. The molecule has 0 aliphatic heterocycles. The summed E-state index contributed by atoms with van der Waals surface area (Å²) in [6, 6.07) is 21.3. The van der Waals surface area contributed by atoms with Crippen molar-refractivity contribution in [3.8, 4) is 34.1 Å². The lowest BCUT2D eigenvalue weighted by Gasteiger charge is -2.11. The summed E-state index contributed by atoms with van der Waals surface area (Å²) in [5.74, 6) is 2.22. The van der Waals surface area contributed by atoms with Crippen LogP contribution in [-0.2, 0) is 6.61 Å². The third-order valence-corrected chi connectivity index (χ3v) is 4.79. The molecule has 0 aliphatic carbocycles. The van der Waals surface area contributed by atoms with Crippen molar-refractivity contribution in [3.05, 3.63) is 95.5 Å². The van der Waals surface area contributed by atoms with E-state index in [1.165, 1.54) is 5.56 Å². The molecule has 0 fully saturated rings. The number of hydrogen-bond donors (Lipinski definition) is 1. The number of aryl methyl sites for hydroxylation is 1. The van der Waals surface area contributed by atoms with Gasteiger partial charge in [-0.25, -0.2) is 9.83 Å². The smallest absolute Gasteiger partial charge is 0.187 e. The molecule has 3 aromatic carbocycles. The van der Waals surface area contributed by atoms with E-state index in [9.17, 15) is 0 Å². The highest BCUT2D eigenvalue weighted by Crippen LogP contribution is 2.33. The molecule has 0 atom stereocenters. The Morgan fingerprint density at radius 3 is 2.60 bits per heavy atom. The number of H-pyrrole nitrogens is 1. The van der Waals surface area contributed by atoms with Gasteiger partial charge in [0.2, 0.25) is 0 Å². The molecule has 148 valence electrons. The van der Waals surface area contributed by atoms with Crippen LogP contribution in [0.15, 0.2) is 72.9 Å². The molecule has 0 unspecified atom stereocenters. The molecular weight excluding hydrogens is 374 g/mol. The second-order valence-corrected chi connectivity index (χ2v) is 6.93. The summed E-state index contributed by atoms with van der Waals surface area (Å²) in [6.45, 7) is 9.50. The highest BCUT2D eigenvalue weighted by Gasteiger charge is 2.12. The monoisotopic (exact) mass is 395 g/mol. The number of hydrogen-bond acceptors (Lipinski definition) is 3. The average Bonchev–Trinajstić information content (AvgIpc) is 3.28. The van der Waals surface area contributed by atoms with Crippen LogP contribution in [0.5, 0.6) is 11.5 Å². The summed E-state index contributed by atoms with van der Waals surface area (Å²) >= 11 is 0. The van der Waals surface area contributed by atoms with E-state index >= 15 is 0 Å². The number of nitrogens with one attached hydrogen (secondary N) is 1. The van der Waals surface area contributed by atoms with Crippen molar-refractivity contribution in [2.75, 3.05) is 7.11 Å². The van der Waals surface area contributed by atoms with E-state index in [1.807, 2.05) is 48.7 Å². The lowest BCUT2D eigenvalue weighted by molar-refractivity contribution is 0.304. The molecule has 1 N–H and O–H groups in total.